The van der Waals surface area contributed by atoms with Gasteiger partial charge in [0.1, 0.15) is 0 Å². The summed E-state index contributed by atoms with van der Waals surface area (Å²) in [6, 6.07) is 10.6. The summed E-state index contributed by atoms with van der Waals surface area (Å²) >= 11 is 0. The molecule has 0 spiro atoms. The second kappa shape index (κ2) is 6.97. The highest BCUT2D eigenvalue weighted by atomic mass is 15.0. The Balaban J connectivity index is 1.75. The molecule has 1 aromatic heterocycles. The topological polar surface area (TPSA) is 29.9 Å². The van der Waals surface area contributed by atoms with Gasteiger partial charge >= 0.3 is 0 Å². The molecular weight excluding hydrogens is 222 g/mol. The largest absolute Gasteiger partial charge is 0.337 e. The Labute approximate surface area is 109 Å². The minimum absolute atomic E-state index is 0.987. The lowest BCUT2D eigenvalue weighted by atomic mass is 10.1. The third kappa shape index (κ3) is 4.00. The number of likely N-dealkylation sites (N-methyl/N-ethyl adjacent to an activating group) is 1. The van der Waals surface area contributed by atoms with Gasteiger partial charge in [0.2, 0.25) is 0 Å². The van der Waals surface area contributed by atoms with Crippen LogP contribution in [-0.2, 0) is 19.4 Å². The molecule has 96 valence electrons. The van der Waals surface area contributed by atoms with Crippen LogP contribution in [0.3, 0.4) is 0 Å². The van der Waals surface area contributed by atoms with Gasteiger partial charge in [-0.3, -0.25) is 0 Å². The zero-order valence-corrected chi connectivity index (χ0v) is 11.0. The van der Waals surface area contributed by atoms with Crippen molar-refractivity contribution in [2.45, 2.75) is 25.8 Å². The number of nitrogens with one attached hydrogen (secondary N) is 1. The lowest BCUT2D eigenvalue weighted by Gasteiger charge is -2.02. The highest BCUT2D eigenvalue weighted by molar-refractivity contribution is 5.14. The molecule has 0 aliphatic carbocycles. The summed E-state index contributed by atoms with van der Waals surface area (Å²) in [5.74, 6) is 0. The highest BCUT2D eigenvalue weighted by Gasteiger charge is 1.98. The Morgan fingerprint density at radius 2 is 2.00 bits per heavy atom. The average Bonchev–Trinajstić information content (AvgIpc) is 2.85. The van der Waals surface area contributed by atoms with Gasteiger partial charge in [0, 0.05) is 25.7 Å². The molecule has 0 saturated carbocycles. The van der Waals surface area contributed by atoms with Crippen molar-refractivity contribution in [2.24, 2.45) is 0 Å². The molecule has 0 atom stereocenters. The molecular formula is C15H21N3. The van der Waals surface area contributed by atoms with E-state index < -0.39 is 0 Å². The molecule has 1 aromatic carbocycles. The van der Waals surface area contributed by atoms with Crippen LogP contribution < -0.4 is 5.32 Å². The van der Waals surface area contributed by atoms with Crippen molar-refractivity contribution in [1.82, 2.24) is 14.9 Å². The van der Waals surface area contributed by atoms with E-state index in [2.05, 4.69) is 51.4 Å². The average molecular weight is 243 g/mol. The number of rotatable bonds is 7. The second-order valence-corrected chi connectivity index (χ2v) is 4.55. The van der Waals surface area contributed by atoms with Crippen molar-refractivity contribution < 1.29 is 0 Å². The summed E-state index contributed by atoms with van der Waals surface area (Å²) in [6.07, 6.45) is 7.39. The predicted molar refractivity (Wildman–Crippen MR) is 74.6 cm³/mol. The van der Waals surface area contributed by atoms with Gasteiger partial charge in [-0.2, -0.15) is 0 Å². The zero-order chi connectivity index (χ0) is 12.6. The molecule has 0 aliphatic heterocycles. The summed E-state index contributed by atoms with van der Waals surface area (Å²) in [5, 5.41) is 3.14. The molecule has 0 bridgehead atoms. The van der Waals surface area contributed by atoms with E-state index in [0.29, 0.717) is 0 Å². The molecule has 0 aliphatic rings. The Morgan fingerprint density at radius 3 is 2.78 bits per heavy atom. The summed E-state index contributed by atoms with van der Waals surface area (Å²) in [6.45, 7) is 2.03. The van der Waals surface area contributed by atoms with E-state index >= 15 is 0 Å². The Kier molecular flexibility index (Phi) is 4.97. The fourth-order valence-electron chi connectivity index (χ4n) is 2.02. The van der Waals surface area contributed by atoms with Crippen molar-refractivity contribution in [3.8, 4) is 0 Å². The van der Waals surface area contributed by atoms with Gasteiger partial charge in [0.25, 0.3) is 0 Å². The van der Waals surface area contributed by atoms with E-state index in [4.69, 9.17) is 0 Å². The highest BCUT2D eigenvalue weighted by Crippen LogP contribution is 2.05. The minimum atomic E-state index is 0.987. The van der Waals surface area contributed by atoms with Crippen LogP contribution in [0.1, 0.15) is 17.7 Å². The van der Waals surface area contributed by atoms with E-state index in [9.17, 15) is 0 Å². The smallest absolute Gasteiger partial charge is 0.0949 e. The lowest BCUT2D eigenvalue weighted by molar-refractivity contribution is 0.641. The fraction of sp³-hybridized carbons (Fsp3) is 0.400. The first-order valence-electron chi connectivity index (χ1n) is 6.57. The first-order chi connectivity index (χ1) is 8.88. The lowest BCUT2D eigenvalue weighted by Crippen LogP contribution is -2.10. The molecule has 0 unspecified atom stereocenters. The number of aromatic nitrogens is 2. The number of hydrogen-bond acceptors (Lipinski definition) is 2. The van der Waals surface area contributed by atoms with E-state index in [1.54, 1.807) is 0 Å². The van der Waals surface area contributed by atoms with Gasteiger partial charge in [-0.05, 0) is 25.5 Å². The van der Waals surface area contributed by atoms with Crippen LogP contribution >= 0.6 is 0 Å². The second-order valence-electron chi connectivity index (χ2n) is 4.55. The van der Waals surface area contributed by atoms with Crippen LogP contribution in [0, 0.1) is 0 Å². The number of benzene rings is 1. The number of imidazole rings is 1. The molecule has 3 heteroatoms. The molecule has 0 amide bonds. The van der Waals surface area contributed by atoms with Crippen molar-refractivity contribution in [1.29, 1.82) is 0 Å². The summed E-state index contributed by atoms with van der Waals surface area (Å²) in [7, 11) is 1.97. The summed E-state index contributed by atoms with van der Waals surface area (Å²) in [5.41, 5.74) is 2.58. The summed E-state index contributed by atoms with van der Waals surface area (Å²) < 4.78 is 2.19. The van der Waals surface area contributed by atoms with Gasteiger partial charge in [0.05, 0.1) is 12.0 Å². The first kappa shape index (κ1) is 12.8. The SMILES string of the molecule is CNCCc1cn(CCCc2ccccc2)cn1. The summed E-state index contributed by atoms with van der Waals surface area (Å²) in [4.78, 5) is 4.40. The van der Waals surface area contributed by atoms with E-state index in [1.807, 2.05) is 13.4 Å². The molecule has 3 nitrogen and oxygen atoms in total. The number of hydrogen-bond donors (Lipinski definition) is 1. The van der Waals surface area contributed by atoms with E-state index in [0.717, 1.165) is 32.4 Å². The monoisotopic (exact) mass is 243 g/mol. The first-order valence-corrected chi connectivity index (χ1v) is 6.57. The molecule has 1 N–H and O–H groups in total. The Morgan fingerprint density at radius 1 is 1.17 bits per heavy atom. The molecule has 1 heterocycles. The normalized spacial score (nSPS) is 10.7. The Hall–Kier alpha value is -1.61. The van der Waals surface area contributed by atoms with Gasteiger partial charge in [0.15, 0.2) is 0 Å². The predicted octanol–water partition coefficient (Wildman–Crippen LogP) is 2.28. The van der Waals surface area contributed by atoms with Crippen molar-refractivity contribution in [2.75, 3.05) is 13.6 Å². The number of nitrogens with zero attached hydrogens (tertiary/aromatic N) is 2. The maximum absolute atomic E-state index is 4.40. The third-order valence-corrected chi connectivity index (χ3v) is 3.04. The molecule has 18 heavy (non-hydrogen) atoms. The van der Waals surface area contributed by atoms with Crippen molar-refractivity contribution >= 4 is 0 Å². The number of aryl methyl sites for hydroxylation is 2. The molecule has 0 fully saturated rings. The van der Waals surface area contributed by atoms with Crippen LogP contribution in [0.4, 0.5) is 0 Å². The van der Waals surface area contributed by atoms with Crippen LogP contribution in [-0.4, -0.2) is 23.1 Å². The van der Waals surface area contributed by atoms with E-state index in [1.165, 1.54) is 11.3 Å². The molecule has 0 saturated heterocycles. The van der Waals surface area contributed by atoms with Gasteiger partial charge < -0.3 is 9.88 Å². The minimum Gasteiger partial charge on any atom is -0.337 e. The van der Waals surface area contributed by atoms with Crippen molar-refractivity contribution in [3.63, 3.8) is 0 Å². The molecule has 0 radical (unpaired) electrons. The third-order valence-electron chi connectivity index (χ3n) is 3.04. The quantitative estimate of drug-likeness (QED) is 0.808. The fourth-order valence-corrected chi connectivity index (χ4v) is 2.02. The maximum Gasteiger partial charge on any atom is 0.0949 e. The van der Waals surface area contributed by atoms with Gasteiger partial charge in [-0.25, -0.2) is 4.98 Å². The van der Waals surface area contributed by atoms with Crippen LogP contribution in [0.2, 0.25) is 0 Å². The van der Waals surface area contributed by atoms with Crippen molar-refractivity contribution in [3.05, 3.63) is 54.1 Å². The zero-order valence-electron chi connectivity index (χ0n) is 11.0. The molecule has 2 aromatic rings. The standard InChI is InChI=1S/C15H21N3/c1-16-10-9-15-12-18(13-17-15)11-5-8-14-6-3-2-4-7-14/h2-4,6-7,12-13,16H,5,8-11H2,1H3. The van der Waals surface area contributed by atoms with Crippen LogP contribution in [0.25, 0.3) is 0 Å². The van der Waals surface area contributed by atoms with Crippen LogP contribution in [0.5, 0.6) is 0 Å². The maximum atomic E-state index is 4.40. The van der Waals surface area contributed by atoms with E-state index in [-0.39, 0.29) is 0 Å². The van der Waals surface area contributed by atoms with Gasteiger partial charge in [-0.15, -0.1) is 0 Å². The van der Waals surface area contributed by atoms with Crippen LogP contribution in [0.15, 0.2) is 42.9 Å². The molecule has 2 rings (SSSR count). The Bertz CT molecular complexity index is 448. The van der Waals surface area contributed by atoms with Gasteiger partial charge in [-0.1, -0.05) is 30.3 Å².